The zero-order chi connectivity index (χ0) is 24.5. The number of ether oxygens (including phenoxy) is 1. The van der Waals surface area contributed by atoms with Gasteiger partial charge in [-0.2, -0.15) is 9.57 Å². The van der Waals surface area contributed by atoms with E-state index in [-0.39, 0.29) is 25.9 Å². The van der Waals surface area contributed by atoms with Crippen molar-refractivity contribution >= 4 is 38.2 Å². The molecule has 1 N–H and O–H groups in total. The number of anilines is 1. The summed E-state index contributed by atoms with van der Waals surface area (Å²) in [6, 6.07) is 15.4. The van der Waals surface area contributed by atoms with Crippen molar-refractivity contribution in [1.29, 1.82) is 5.26 Å². The number of amides is 1. The normalized spacial score (nSPS) is 13.6. The van der Waals surface area contributed by atoms with Gasteiger partial charge in [-0.15, -0.1) is 11.3 Å². The zero-order valence-electron chi connectivity index (χ0n) is 18.5. The first-order chi connectivity index (χ1) is 16.3. The Labute approximate surface area is 201 Å². The van der Waals surface area contributed by atoms with Crippen LogP contribution in [0.1, 0.15) is 42.3 Å². The van der Waals surface area contributed by atoms with Crippen LogP contribution in [0.4, 0.5) is 5.00 Å². The van der Waals surface area contributed by atoms with Gasteiger partial charge in [-0.05, 0) is 54.3 Å². The molecule has 3 aromatic rings. The van der Waals surface area contributed by atoms with Gasteiger partial charge in [-0.25, -0.2) is 13.2 Å². The minimum atomic E-state index is -3.72. The first-order valence-corrected chi connectivity index (χ1v) is 12.6. The number of hydrogen-bond donors (Lipinski definition) is 1. The lowest BCUT2D eigenvalue weighted by atomic mass is 10.0. The van der Waals surface area contributed by atoms with E-state index >= 15 is 0 Å². The Kier molecular flexibility index (Phi) is 6.52. The quantitative estimate of drug-likeness (QED) is 0.540. The second-order valence-corrected chi connectivity index (χ2v) is 10.7. The Bertz CT molecular complexity index is 1420. The van der Waals surface area contributed by atoms with Gasteiger partial charge >= 0.3 is 5.97 Å². The third kappa shape index (κ3) is 4.33. The number of carbonyl (C=O) groups excluding carboxylic acids is 2. The molecule has 174 valence electrons. The molecule has 1 amide bonds. The van der Waals surface area contributed by atoms with Crippen LogP contribution < -0.4 is 5.32 Å². The number of sulfonamides is 1. The molecule has 8 nitrogen and oxygen atoms in total. The second kappa shape index (κ2) is 9.38. The van der Waals surface area contributed by atoms with Crippen molar-refractivity contribution in [3.63, 3.8) is 0 Å². The molecule has 10 heteroatoms. The van der Waals surface area contributed by atoms with E-state index in [1.165, 1.54) is 35.7 Å². The van der Waals surface area contributed by atoms with Crippen LogP contribution >= 0.6 is 11.3 Å². The first-order valence-electron chi connectivity index (χ1n) is 10.4. The SMILES string of the molecule is COC(=O)c1sc(NC(=O)c2ccc(S(=O)(=O)N3CCc4ccccc4C3)cc2)c(C#N)c1C. The van der Waals surface area contributed by atoms with Crippen LogP contribution in [0.15, 0.2) is 53.4 Å². The average Bonchev–Trinajstić information content (AvgIpc) is 3.17. The highest BCUT2D eigenvalue weighted by Crippen LogP contribution is 2.33. The molecule has 4 rings (SSSR count). The Morgan fingerprint density at radius 3 is 2.44 bits per heavy atom. The standard InChI is InChI=1S/C24H21N3O5S2/c1-15-20(13-25)23(33-21(15)24(29)32-2)26-22(28)17-7-9-19(10-8-17)34(30,31)27-12-11-16-5-3-4-6-18(16)14-27/h3-10H,11-12,14H2,1-2H3,(H,26,28). The number of carbonyl (C=O) groups is 2. The molecule has 34 heavy (non-hydrogen) atoms. The molecule has 0 fully saturated rings. The minimum absolute atomic E-state index is 0.0982. The van der Waals surface area contributed by atoms with Gasteiger partial charge in [0, 0.05) is 18.7 Å². The van der Waals surface area contributed by atoms with Crippen LogP contribution in [0.5, 0.6) is 0 Å². The summed E-state index contributed by atoms with van der Waals surface area (Å²) < 4.78 is 32.4. The molecule has 0 spiro atoms. The molecule has 0 bridgehead atoms. The van der Waals surface area contributed by atoms with Gasteiger partial charge in [0.05, 0.1) is 17.6 Å². The largest absolute Gasteiger partial charge is 0.465 e. The Hall–Kier alpha value is -3.52. The van der Waals surface area contributed by atoms with Crippen molar-refractivity contribution in [2.75, 3.05) is 19.0 Å². The zero-order valence-corrected chi connectivity index (χ0v) is 20.1. The fraction of sp³-hybridized carbons (Fsp3) is 0.208. The van der Waals surface area contributed by atoms with E-state index in [0.717, 1.165) is 22.5 Å². The van der Waals surface area contributed by atoms with Crippen molar-refractivity contribution in [2.24, 2.45) is 0 Å². The lowest BCUT2D eigenvalue weighted by Crippen LogP contribution is -2.35. The number of fused-ring (bicyclic) bond motifs is 1. The van der Waals surface area contributed by atoms with E-state index in [1.807, 2.05) is 30.3 Å². The highest BCUT2D eigenvalue weighted by atomic mass is 32.2. The summed E-state index contributed by atoms with van der Waals surface area (Å²) in [5, 5.41) is 12.3. The number of hydrogen-bond acceptors (Lipinski definition) is 7. The van der Waals surface area contributed by atoms with Gasteiger partial charge in [0.25, 0.3) is 5.91 Å². The van der Waals surface area contributed by atoms with Crippen molar-refractivity contribution < 1.29 is 22.7 Å². The number of nitriles is 1. The molecule has 2 heterocycles. The van der Waals surface area contributed by atoms with Gasteiger partial charge < -0.3 is 10.1 Å². The van der Waals surface area contributed by atoms with Crippen LogP contribution in [-0.2, 0) is 27.7 Å². The van der Waals surface area contributed by atoms with Crippen molar-refractivity contribution in [1.82, 2.24) is 4.31 Å². The fourth-order valence-electron chi connectivity index (χ4n) is 3.80. The second-order valence-electron chi connectivity index (χ2n) is 7.70. The molecule has 1 aliphatic rings. The fourth-order valence-corrected chi connectivity index (χ4v) is 6.29. The Morgan fingerprint density at radius 2 is 1.79 bits per heavy atom. The summed E-state index contributed by atoms with van der Waals surface area (Å²) in [4.78, 5) is 25.0. The third-order valence-electron chi connectivity index (χ3n) is 5.71. The van der Waals surface area contributed by atoms with E-state index in [2.05, 4.69) is 5.32 Å². The van der Waals surface area contributed by atoms with Gasteiger partial charge in [0.2, 0.25) is 10.0 Å². The number of nitrogens with zero attached hydrogens (tertiary/aromatic N) is 2. The highest BCUT2D eigenvalue weighted by Gasteiger charge is 2.28. The maximum absolute atomic E-state index is 13.1. The number of benzene rings is 2. The number of esters is 1. The van der Waals surface area contributed by atoms with Crippen LogP contribution in [0.3, 0.4) is 0 Å². The van der Waals surface area contributed by atoms with E-state index in [9.17, 15) is 23.3 Å². The van der Waals surface area contributed by atoms with E-state index in [4.69, 9.17) is 4.74 Å². The Morgan fingerprint density at radius 1 is 1.12 bits per heavy atom. The minimum Gasteiger partial charge on any atom is -0.465 e. The number of methoxy groups -OCH3 is 1. The van der Waals surface area contributed by atoms with E-state index < -0.39 is 21.9 Å². The molecule has 0 radical (unpaired) electrons. The molecule has 2 aromatic carbocycles. The predicted molar refractivity (Wildman–Crippen MR) is 127 cm³/mol. The van der Waals surface area contributed by atoms with Crippen molar-refractivity contribution in [2.45, 2.75) is 24.8 Å². The van der Waals surface area contributed by atoms with Gasteiger partial charge in [-0.1, -0.05) is 24.3 Å². The van der Waals surface area contributed by atoms with Gasteiger partial charge in [0.1, 0.15) is 15.9 Å². The molecular weight excluding hydrogens is 474 g/mol. The van der Waals surface area contributed by atoms with Crippen molar-refractivity contribution in [3.8, 4) is 6.07 Å². The summed E-state index contributed by atoms with van der Waals surface area (Å²) in [6.07, 6.45) is 0.644. The summed E-state index contributed by atoms with van der Waals surface area (Å²) in [5.41, 5.74) is 2.97. The molecule has 0 saturated carbocycles. The molecule has 0 unspecified atom stereocenters. The number of rotatable bonds is 5. The third-order valence-corrected chi connectivity index (χ3v) is 8.75. The first kappa shape index (κ1) is 23.6. The summed E-state index contributed by atoms with van der Waals surface area (Å²) >= 11 is 0.955. The van der Waals surface area contributed by atoms with Crippen LogP contribution in [-0.4, -0.2) is 38.3 Å². The number of thiophene rings is 1. The average molecular weight is 496 g/mol. The molecule has 0 aliphatic carbocycles. The molecular formula is C24H21N3O5S2. The van der Waals surface area contributed by atoms with Gasteiger partial charge in [0.15, 0.2) is 0 Å². The van der Waals surface area contributed by atoms with E-state index in [0.29, 0.717) is 25.1 Å². The highest BCUT2D eigenvalue weighted by molar-refractivity contribution is 7.89. The topological polar surface area (TPSA) is 117 Å². The summed E-state index contributed by atoms with van der Waals surface area (Å²) in [7, 11) is -2.48. The Balaban J connectivity index is 1.53. The number of nitrogens with one attached hydrogen (secondary N) is 1. The lowest BCUT2D eigenvalue weighted by molar-refractivity contribution is 0.0605. The monoisotopic (exact) mass is 495 g/mol. The molecule has 1 aromatic heterocycles. The van der Waals surface area contributed by atoms with Crippen LogP contribution in [0.2, 0.25) is 0 Å². The summed E-state index contributed by atoms with van der Waals surface area (Å²) in [5.74, 6) is -1.11. The predicted octanol–water partition coefficient (Wildman–Crippen LogP) is 3.71. The maximum Gasteiger partial charge on any atom is 0.348 e. The van der Waals surface area contributed by atoms with Crippen molar-refractivity contribution in [3.05, 3.63) is 81.2 Å². The summed E-state index contributed by atoms with van der Waals surface area (Å²) in [6.45, 7) is 2.30. The molecule has 0 atom stereocenters. The van der Waals surface area contributed by atoms with Gasteiger partial charge in [-0.3, -0.25) is 4.79 Å². The van der Waals surface area contributed by atoms with Crippen LogP contribution in [0, 0.1) is 18.3 Å². The van der Waals surface area contributed by atoms with Crippen LogP contribution in [0.25, 0.3) is 0 Å². The molecule has 0 saturated heterocycles. The maximum atomic E-state index is 13.1. The molecule has 1 aliphatic heterocycles. The van der Waals surface area contributed by atoms with E-state index in [1.54, 1.807) is 6.92 Å². The smallest absolute Gasteiger partial charge is 0.348 e. The lowest BCUT2D eigenvalue weighted by Gasteiger charge is -2.28.